The van der Waals surface area contributed by atoms with Gasteiger partial charge in [-0.15, -0.1) is 0 Å². The molecular weight excluding hydrogens is 300 g/mol. The smallest absolute Gasteiger partial charge is 0.154 e. The van der Waals surface area contributed by atoms with Gasteiger partial charge in [0, 0.05) is 0 Å². The summed E-state index contributed by atoms with van der Waals surface area (Å²) < 4.78 is 6.04. The van der Waals surface area contributed by atoms with Gasteiger partial charge in [0.1, 0.15) is 5.92 Å². The van der Waals surface area contributed by atoms with Crippen LogP contribution in [0.25, 0.3) is 0 Å². The molecule has 5 atom stereocenters. The van der Waals surface area contributed by atoms with Crippen LogP contribution in [0.4, 0.5) is 0 Å². The Bertz CT molecular complexity index is 710. The second-order valence-corrected chi connectivity index (χ2v) is 7.95. The van der Waals surface area contributed by atoms with Gasteiger partial charge in [0.25, 0.3) is 0 Å². The predicted molar refractivity (Wildman–Crippen MR) is 92.2 cm³/mol. The first-order valence-electron chi connectivity index (χ1n) is 9.28. The summed E-state index contributed by atoms with van der Waals surface area (Å²) >= 11 is 0. The maximum Gasteiger partial charge on any atom is 0.154 e. The Labute approximate surface area is 143 Å². The van der Waals surface area contributed by atoms with E-state index in [1.807, 2.05) is 6.92 Å². The highest BCUT2D eigenvalue weighted by Gasteiger charge is 2.68. The summed E-state index contributed by atoms with van der Waals surface area (Å²) in [5.74, 6) is -0.773. The van der Waals surface area contributed by atoms with Gasteiger partial charge in [-0.2, -0.15) is 0 Å². The molecule has 3 fully saturated rings. The van der Waals surface area contributed by atoms with Crippen LogP contribution in [-0.4, -0.2) is 23.3 Å². The van der Waals surface area contributed by atoms with Crippen LogP contribution in [0, 0.1) is 18.8 Å². The highest BCUT2D eigenvalue weighted by molar-refractivity contribution is 6.17. The van der Waals surface area contributed by atoms with Crippen LogP contribution in [0.15, 0.2) is 12.1 Å². The molecule has 0 aromatic heterocycles. The molecule has 2 saturated heterocycles. The van der Waals surface area contributed by atoms with E-state index in [4.69, 9.17) is 4.74 Å². The molecule has 0 amide bonds. The second kappa shape index (κ2) is 5.26. The van der Waals surface area contributed by atoms with E-state index < -0.39 is 11.5 Å². The first-order valence-corrected chi connectivity index (χ1v) is 9.28. The van der Waals surface area contributed by atoms with Crippen molar-refractivity contribution in [3.63, 3.8) is 0 Å². The van der Waals surface area contributed by atoms with Crippen molar-refractivity contribution in [2.24, 2.45) is 11.8 Å². The summed E-state index contributed by atoms with van der Waals surface area (Å²) in [5.41, 5.74) is 4.13. The first kappa shape index (κ1) is 16.0. The van der Waals surface area contributed by atoms with E-state index in [0.29, 0.717) is 0 Å². The Morgan fingerprint density at radius 1 is 1.12 bits per heavy atom. The zero-order valence-corrected chi connectivity index (χ0v) is 15.0. The zero-order valence-electron chi connectivity index (χ0n) is 15.0. The van der Waals surface area contributed by atoms with Crippen LogP contribution < -0.4 is 0 Å². The van der Waals surface area contributed by atoms with Gasteiger partial charge in [-0.1, -0.05) is 31.5 Å². The third-order valence-corrected chi connectivity index (χ3v) is 6.51. The summed E-state index contributed by atoms with van der Waals surface area (Å²) in [5, 5.41) is 0. The minimum absolute atomic E-state index is 0.0398. The third kappa shape index (κ3) is 1.94. The topological polar surface area (TPSA) is 43.4 Å². The number of Topliss-reactive ketones (excluding diaryl/α,β-unsaturated/α-hetero) is 2. The van der Waals surface area contributed by atoms with Crippen molar-refractivity contribution in [2.75, 3.05) is 0 Å². The number of carbonyl (C=O) groups excluding carboxylic acids is 2. The van der Waals surface area contributed by atoms with E-state index in [-0.39, 0.29) is 29.5 Å². The molecule has 0 spiro atoms. The normalized spacial score (nSPS) is 37.3. The Hall–Kier alpha value is -1.48. The summed E-state index contributed by atoms with van der Waals surface area (Å²) in [6.07, 6.45) is 3.49. The molecule has 1 aromatic rings. The molecule has 1 aliphatic carbocycles. The van der Waals surface area contributed by atoms with Gasteiger partial charge in [0.2, 0.25) is 0 Å². The lowest BCUT2D eigenvalue weighted by atomic mass is 9.74. The number of fused-ring (bicyclic) bond motifs is 5. The SMILES string of the molecule is CCc1cc(C)cc(CC)c1C1C(=O)[C@H]2[C@@H]3CC[C@@](C)(O3)[C@H]2C1=O. The quantitative estimate of drug-likeness (QED) is 0.798. The average molecular weight is 326 g/mol. The number of rotatable bonds is 3. The van der Waals surface area contributed by atoms with Gasteiger partial charge < -0.3 is 4.74 Å². The fourth-order valence-electron chi connectivity index (χ4n) is 5.50. The van der Waals surface area contributed by atoms with E-state index in [9.17, 15) is 9.59 Å². The predicted octanol–water partition coefficient (Wildman–Crippen LogP) is 3.54. The monoisotopic (exact) mass is 326 g/mol. The van der Waals surface area contributed by atoms with Gasteiger partial charge >= 0.3 is 0 Å². The van der Waals surface area contributed by atoms with E-state index in [1.165, 1.54) is 5.56 Å². The second-order valence-electron chi connectivity index (χ2n) is 7.95. The molecule has 1 saturated carbocycles. The molecule has 3 aliphatic rings. The van der Waals surface area contributed by atoms with Crippen LogP contribution in [-0.2, 0) is 27.2 Å². The van der Waals surface area contributed by atoms with Gasteiger partial charge in [-0.05, 0) is 56.2 Å². The molecule has 3 heteroatoms. The maximum atomic E-state index is 13.3. The standard InChI is InChI=1S/C21H26O3/c1-5-12-9-11(3)10-13(6-2)15(12)17-19(22)16-14-7-8-21(4,24-14)18(16)20(17)23/h9-10,14,16-18H,5-8H2,1-4H3/t14-,16-,17?,18+,21+/m0/s1. The van der Waals surface area contributed by atoms with Crippen LogP contribution in [0.3, 0.4) is 0 Å². The summed E-state index contributed by atoms with van der Waals surface area (Å²) in [6.45, 7) is 8.33. The number of aryl methyl sites for hydroxylation is 3. The lowest BCUT2D eigenvalue weighted by molar-refractivity contribution is -0.129. The number of ketones is 2. The number of ether oxygens (including phenoxy) is 1. The van der Waals surface area contributed by atoms with Crippen LogP contribution in [0.5, 0.6) is 0 Å². The highest BCUT2D eigenvalue weighted by atomic mass is 16.5. The van der Waals surface area contributed by atoms with Crippen LogP contribution in [0.1, 0.15) is 61.8 Å². The number of carbonyl (C=O) groups is 2. The lowest BCUT2D eigenvalue weighted by Gasteiger charge is -2.27. The molecule has 0 radical (unpaired) electrons. The summed E-state index contributed by atoms with van der Waals surface area (Å²) in [4.78, 5) is 26.6. The van der Waals surface area contributed by atoms with Gasteiger partial charge in [-0.3, -0.25) is 9.59 Å². The third-order valence-electron chi connectivity index (χ3n) is 6.51. The van der Waals surface area contributed by atoms with Crippen molar-refractivity contribution >= 4 is 11.6 Å². The zero-order chi connectivity index (χ0) is 17.2. The van der Waals surface area contributed by atoms with Gasteiger partial charge in [0.15, 0.2) is 11.6 Å². The van der Waals surface area contributed by atoms with Gasteiger partial charge in [-0.25, -0.2) is 0 Å². The molecule has 2 heterocycles. The van der Waals surface area contributed by atoms with Crippen molar-refractivity contribution in [1.29, 1.82) is 0 Å². The molecule has 2 aliphatic heterocycles. The number of hydrogen-bond acceptors (Lipinski definition) is 3. The van der Waals surface area contributed by atoms with E-state index in [1.54, 1.807) is 0 Å². The minimum Gasteiger partial charge on any atom is -0.370 e. The Morgan fingerprint density at radius 2 is 1.75 bits per heavy atom. The molecule has 2 bridgehead atoms. The highest BCUT2D eigenvalue weighted by Crippen LogP contribution is 2.58. The Morgan fingerprint density at radius 3 is 2.29 bits per heavy atom. The molecule has 0 N–H and O–H groups in total. The lowest BCUT2D eigenvalue weighted by Crippen LogP contribution is -2.37. The molecule has 1 unspecified atom stereocenters. The van der Waals surface area contributed by atoms with Crippen molar-refractivity contribution in [3.8, 4) is 0 Å². The summed E-state index contributed by atoms with van der Waals surface area (Å²) in [7, 11) is 0. The fraction of sp³-hybridized carbons (Fsp3) is 0.619. The van der Waals surface area contributed by atoms with E-state index in [2.05, 4.69) is 32.9 Å². The van der Waals surface area contributed by atoms with Gasteiger partial charge in [0.05, 0.1) is 23.5 Å². The molecule has 1 aromatic carbocycles. The molecule has 4 rings (SSSR count). The number of hydrogen-bond donors (Lipinski definition) is 0. The minimum atomic E-state index is -0.561. The maximum absolute atomic E-state index is 13.3. The molecule has 24 heavy (non-hydrogen) atoms. The van der Waals surface area contributed by atoms with Crippen LogP contribution in [0.2, 0.25) is 0 Å². The molecule has 3 nitrogen and oxygen atoms in total. The first-order chi connectivity index (χ1) is 11.4. The molecular formula is C21H26O3. The van der Waals surface area contributed by atoms with E-state index >= 15 is 0 Å². The van der Waals surface area contributed by atoms with Crippen molar-refractivity contribution in [3.05, 3.63) is 34.4 Å². The van der Waals surface area contributed by atoms with Crippen molar-refractivity contribution < 1.29 is 14.3 Å². The average Bonchev–Trinajstić information content (AvgIpc) is 3.16. The number of benzene rings is 1. The van der Waals surface area contributed by atoms with Crippen molar-refractivity contribution in [2.45, 2.75) is 71.0 Å². The van der Waals surface area contributed by atoms with Crippen LogP contribution >= 0.6 is 0 Å². The van der Waals surface area contributed by atoms with E-state index in [0.717, 1.165) is 42.4 Å². The largest absolute Gasteiger partial charge is 0.370 e. The Balaban J connectivity index is 1.84. The molecule has 128 valence electrons. The fourth-order valence-corrected chi connectivity index (χ4v) is 5.50. The van der Waals surface area contributed by atoms with Crippen molar-refractivity contribution in [1.82, 2.24) is 0 Å². The summed E-state index contributed by atoms with van der Waals surface area (Å²) in [6, 6.07) is 4.30. The Kier molecular flexibility index (Phi) is 3.51.